The molecular weight excluding hydrogens is 244 g/mol. The molecule has 0 saturated carbocycles. The van der Waals surface area contributed by atoms with Gasteiger partial charge in [0.05, 0.1) is 11.1 Å². The standard InChI is InChI=1S/C18H28N2/c1-9-18(8,10-2)20-15(7)16-13(5)11(3)12(4)14(6)17(16)19-20/h9-10H2,1-8H3. The summed E-state index contributed by atoms with van der Waals surface area (Å²) < 4.78 is 2.27. The molecule has 2 rings (SSSR count). The number of nitrogens with zero attached hydrogens (tertiary/aromatic N) is 2. The van der Waals surface area contributed by atoms with Crippen LogP contribution in [0, 0.1) is 34.6 Å². The molecule has 1 aromatic carbocycles. The monoisotopic (exact) mass is 272 g/mol. The fourth-order valence-corrected chi connectivity index (χ4v) is 3.22. The first kappa shape index (κ1) is 15.1. The second kappa shape index (κ2) is 4.91. The van der Waals surface area contributed by atoms with Crippen molar-refractivity contribution in [2.24, 2.45) is 0 Å². The van der Waals surface area contributed by atoms with Crippen LogP contribution in [0.3, 0.4) is 0 Å². The highest BCUT2D eigenvalue weighted by molar-refractivity contribution is 5.89. The molecule has 0 atom stereocenters. The molecule has 1 aromatic heterocycles. The lowest BCUT2D eigenvalue weighted by Crippen LogP contribution is -2.30. The van der Waals surface area contributed by atoms with Crippen LogP contribution in [0.2, 0.25) is 0 Å². The third-order valence-electron chi connectivity index (χ3n) is 5.57. The molecule has 0 amide bonds. The number of aryl methyl sites for hydroxylation is 3. The molecule has 0 N–H and O–H groups in total. The third kappa shape index (κ3) is 1.88. The van der Waals surface area contributed by atoms with Crippen molar-refractivity contribution in [3.05, 3.63) is 27.9 Å². The van der Waals surface area contributed by atoms with E-state index in [1.165, 1.54) is 38.9 Å². The Kier molecular flexibility index (Phi) is 3.70. The zero-order valence-electron chi connectivity index (χ0n) is 14.3. The topological polar surface area (TPSA) is 17.8 Å². The quantitative estimate of drug-likeness (QED) is 0.759. The zero-order chi connectivity index (χ0) is 15.2. The number of hydrogen-bond acceptors (Lipinski definition) is 1. The summed E-state index contributed by atoms with van der Waals surface area (Å²) in [7, 11) is 0. The van der Waals surface area contributed by atoms with Crippen LogP contribution in [-0.4, -0.2) is 9.78 Å². The average molecular weight is 272 g/mol. The summed E-state index contributed by atoms with van der Waals surface area (Å²) in [5.41, 5.74) is 8.14. The highest BCUT2D eigenvalue weighted by atomic mass is 15.3. The molecular formula is C18H28N2. The molecule has 2 heteroatoms. The number of benzene rings is 1. The first-order valence-electron chi connectivity index (χ1n) is 7.74. The van der Waals surface area contributed by atoms with Crippen LogP contribution in [0.4, 0.5) is 0 Å². The van der Waals surface area contributed by atoms with E-state index in [4.69, 9.17) is 5.10 Å². The molecule has 0 radical (unpaired) electrons. The van der Waals surface area contributed by atoms with Gasteiger partial charge in [0.25, 0.3) is 0 Å². The highest BCUT2D eigenvalue weighted by Crippen LogP contribution is 2.34. The van der Waals surface area contributed by atoms with Crippen LogP contribution in [-0.2, 0) is 5.54 Å². The van der Waals surface area contributed by atoms with E-state index in [0.29, 0.717) is 0 Å². The molecule has 0 saturated heterocycles. The highest BCUT2D eigenvalue weighted by Gasteiger charge is 2.27. The number of fused-ring (bicyclic) bond motifs is 1. The lowest BCUT2D eigenvalue weighted by atomic mass is 9.93. The summed E-state index contributed by atoms with van der Waals surface area (Å²) in [5, 5.41) is 6.36. The molecule has 110 valence electrons. The van der Waals surface area contributed by atoms with E-state index in [9.17, 15) is 0 Å². The predicted molar refractivity (Wildman–Crippen MR) is 87.6 cm³/mol. The predicted octanol–water partition coefficient (Wildman–Crippen LogP) is 5.11. The van der Waals surface area contributed by atoms with Crippen LogP contribution in [0.5, 0.6) is 0 Å². The second-order valence-electron chi connectivity index (χ2n) is 6.42. The number of rotatable bonds is 3. The lowest BCUT2D eigenvalue weighted by Gasteiger charge is -2.29. The molecule has 0 bridgehead atoms. The Morgan fingerprint density at radius 1 is 0.850 bits per heavy atom. The Bertz CT molecular complexity index is 658. The average Bonchev–Trinajstić information content (AvgIpc) is 2.80. The Labute approximate surface area is 123 Å². The van der Waals surface area contributed by atoms with Crippen molar-refractivity contribution >= 4 is 10.9 Å². The van der Waals surface area contributed by atoms with Crippen LogP contribution < -0.4 is 0 Å². The Morgan fingerprint density at radius 2 is 1.35 bits per heavy atom. The van der Waals surface area contributed by atoms with E-state index in [-0.39, 0.29) is 5.54 Å². The van der Waals surface area contributed by atoms with Gasteiger partial charge in [0.15, 0.2) is 0 Å². The van der Waals surface area contributed by atoms with Gasteiger partial charge in [0.2, 0.25) is 0 Å². The molecule has 0 unspecified atom stereocenters. The lowest BCUT2D eigenvalue weighted by molar-refractivity contribution is 0.261. The molecule has 0 spiro atoms. The molecule has 0 aliphatic rings. The Morgan fingerprint density at radius 3 is 1.85 bits per heavy atom. The maximum Gasteiger partial charge on any atom is 0.0960 e. The maximum atomic E-state index is 5.00. The van der Waals surface area contributed by atoms with Crippen molar-refractivity contribution in [1.82, 2.24) is 9.78 Å². The zero-order valence-corrected chi connectivity index (χ0v) is 14.3. The van der Waals surface area contributed by atoms with Gasteiger partial charge in [-0.15, -0.1) is 0 Å². The van der Waals surface area contributed by atoms with E-state index in [0.717, 1.165) is 12.8 Å². The first-order chi connectivity index (χ1) is 9.28. The summed E-state index contributed by atoms with van der Waals surface area (Å²) in [5.74, 6) is 0. The minimum atomic E-state index is 0.115. The SMILES string of the molecule is CCC(C)(CC)n1nc2c(C)c(C)c(C)c(C)c2c1C. The van der Waals surface area contributed by atoms with Gasteiger partial charge in [-0.05, 0) is 76.6 Å². The van der Waals surface area contributed by atoms with Gasteiger partial charge in [-0.2, -0.15) is 5.10 Å². The van der Waals surface area contributed by atoms with E-state index < -0.39 is 0 Å². The Balaban J connectivity index is 2.90. The molecule has 2 aromatic rings. The van der Waals surface area contributed by atoms with E-state index >= 15 is 0 Å². The molecule has 1 heterocycles. The van der Waals surface area contributed by atoms with Crippen molar-refractivity contribution in [3.63, 3.8) is 0 Å². The normalized spacial score (nSPS) is 12.4. The van der Waals surface area contributed by atoms with Crippen molar-refractivity contribution in [2.75, 3.05) is 0 Å². The van der Waals surface area contributed by atoms with Crippen LogP contribution in [0.1, 0.15) is 61.6 Å². The van der Waals surface area contributed by atoms with Crippen molar-refractivity contribution < 1.29 is 0 Å². The minimum Gasteiger partial charge on any atom is -0.263 e. The summed E-state index contributed by atoms with van der Waals surface area (Å²) in [6.07, 6.45) is 2.21. The number of hydrogen-bond donors (Lipinski definition) is 0. The van der Waals surface area contributed by atoms with Crippen molar-refractivity contribution in [2.45, 2.75) is 73.8 Å². The van der Waals surface area contributed by atoms with Crippen LogP contribution >= 0.6 is 0 Å². The Hall–Kier alpha value is -1.31. The summed E-state index contributed by atoms with van der Waals surface area (Å²) in [4.78, 5) is 0. The largest absolute Gasteiger partial charge is 0.263 e. The van der Waals surface area contributed by atoms with Gasteiger partial charge in [-0.25, -0.2) is 0 Å². The molecule has 20 heavy (non-hydrogen) atoms. The third-order valence-corrected chi connectivity index (χ3v) is 5.57. The van der Waals surface area contributed by atoms with Gasteiger partial charge >= 0.3 is 0 Å². The first-order valence-corrected chi connectivity index (χ1v) is 7.74. The molecule has 0 fully saturated rings. The van der Waals surface area contributed by atoms with E-state index in [1.54, 1.807) is 0 Å². The van der Waals surface area contributed by atoms with Gasteiger partial charge in [-0.3, -0.25) is 4.68 Å². The van der Waals surface area contributed by atoms with Crippen molar-refractivity contribution in [1.29, 1.82) is 0 Å². The van der Waals surface area contributed by atoms with Gasteiger partial charge in [0.1, 0.15) is 0 Å². The van der Waals surface area contributed by atoms with Crippen LogP contribution in [0.25, 0.3) is 10.9 Å². The fraction of sp³-hybridized carbons (Fsp3) is 0.611. The van der Waals surface area contributed by atoms with E-state index in [1.807, 2.05) is 0 Å². The van der Waals surface area contributed by atoms with E-state index in [2.05, 4.69) is 60.1 Å². The smallest absolute Gasteiger partial charge is 0.0960 e. The van der Waals surface area contributed by atoms with Gasteiger partial charge in [-0.1, -0.05) is 13.8 Å². The van der Waals surface area contributed by atoms with Gasteiger partial charge in [0, 0.05) is 11.1 Å². The molecule has 2 nitrogen and oxygen atoms in total. The fourth-order valence-electron chi connectivity index (χ4n) is 3.22. The van der Waals surface area contributed by atoms with Gasteiger partial charge < -0.3 is 0 Å². The summed E-state index contributed by atoms with van der Waals surface area (Å²) in [6, 6.07) is 0. The summed E-state index contributed by atoms with van der Waals surface area (Å²) in [6.45, 7) is 17.9. The van der Waals surface area contributed by atoms with Crippen molar-refractivity contribution in [3.8, 4) is 0 Å². The minimum absolute atomic E-state index is 0.115. The summed E-state index contributed by atoms with van der Waals surface area (Å²) >= 11 is 0. The molecule has 0 aliphatic heterocycles. The maximum absolute atomic E-state index is 5.00. The number of aromatic nitrogens is 2. The van der Waals surface area contributed by atoms with Crippen LogP contribution in [0.15, 0.2) is 0 Å². The second-order valence-corrected chi connectivity index (χ2v) is 6.42. The molecule has 0 aliphatic carbocycles.